The summed E-state index contributed by atoms with van der Waals surface area (Å²) in [5.41, 5.74) is 2.75. The summed E-state index contributed by atoms with van der Waals surface area (Å²) in [6.45, 7) is 8.73. The molecule has 1 aliphatic carbocycles. The number of aromatic hydroxyl groups is 1. The predicted molar refractivity (Wildman–Crippen MR) is 137 cm³/mol. The van der Waals surface area contributed by atoms with Gasteiger partial charge in [-0.3, -0.25) is 14.3 Å². The summed E-state index contributed by atoms with van der Waals surface area (Å²) in [5.74, 6) is -0.291. The number of aromatic nitrogens is 1. The van der Waals surface area contributed by atoms with E-state index in [-0.39, 0.29) is 18.2 Å². The zero-order chi connectivity index (χ0) is 24.1. The van der Waals surface area contributed by atoms with Crippen LogP contribution in [0.5, 0.6) is 5.88 Å². The second-order valence-electron chi connectivity index (χ2n) is 11.1. The van der Waals surface area contributed by atoms with Gasteiger partial charge in [0, 0.05) is 22.4 Å². The minimum Gasteiger partial charge on any atom is -0.493 e. The molecule has 3 aromatic rings. The number of azo groups is 1. The van der Waals surface area contributed by atoms with Gasteiger partial charge in [0.05, 0.1) is 18.6 Å². The van der Waals surface area contributed by atoms with Gasteiger partial charge in [0.15, 0.2) is 5.69 Å². The fourth-order valence-corrected chi connectivity index (χ4v) is 6.73. The molecule has 1 aliphatic heterocycles. The molecule has 1 N–H and O–H groups in total. The molecule has 0 radical (unpaired) electrons. The number of carbonyl (C=O) groups is 1. The lowest BCUT2D eigenvalue weighted by Gasteiger charge is -2.40. The Morgan fingerprint density at radius 1 is 1.15 bits per heavy atom. The first-order valence-corrected chi connectivity index (χ1v) is 12.7. The monoisotopic (exact) mass is 522 g/mol. The maximum atomic E-state index is 12.4. The number of amides is 1. The van der Waals surface area contributed by atoms with Crippen LogP contribution in [-0.2, 0) is 17.9 Å². The average molecular weight is 523 g/mol. The van der Waals surface area contributed by atoms with Gasteiger partial charge in [0.2, 0.25) is 5.88 Å². The molecule has 2 atom stereocenters. The number of benzene rings is 2. The summed E-state index contributed by atoms with van der Waals surface area (Å²) in [6.07, 6.45) is 3.76. The van der Waals surface area contributed by atoms with Crippen LogP contribution < -0.4 is 0 Å². The number of halogens is 1. The number of carbonyl (C=O) groups excluding carboxylic acids is 1. The third-order valence-corrected chi connectivity index (χ3v) is 7.77. The van der Waals surface area contributed by atoms with Crippen LogP contribution in [-0.4, -0.2) is 33.1 Å². The molecule has 2 aromatic carbocycles. The summed E-state index contributed by atoms with van der Waals surface area (Å²) in [6, 6.07) is 15.9. The standard InChI is InChI=1S/C27H31BrN4O2/c1-26(2)13-20-14-27(3,15-26)16-31(20)17-32-22-10-9-19(28)12-21(22)24(25(32)34)30-29-23(33)11-18-7-5-4-6-8-18/h4-10,12,20,34H,11,13-17H2,1-3H3/t20-,27+/m1/s1. The second kappa shape index (κ2) is 8.61. The van der Waals surface area contributed by atoms with Gasteiger partial charge >= 0.3 is 0 Å². The smallest absolute Gasteiger partial charge is 0.269 e. The molecule has 1 saturated carbocycles. The molecule has 5 rings (SSSR count). The van der Waals surface area contributed by atoms with Crippen LogP contribution in [0.4, 0.5) is 5.69 Å². The van der Waals surface area contributed by atoms with Crippen LogP contribution in [0.3, 0.4) is 0 Å². The molecule has 1 aromatic heterocycles. The van der Waals surface area contributed by atoms with Crippen molar-refractivity contribution in [2.75, 3.05) is 6.54 Å². The predicted octanol–water partition coefficient (Wildman–Crippen LogP) is 6.82. The highest BCUT2D eigenvalue weighted by Gasteiger charge is 2.49. The summed E-state index contributed by atoms with van der Waals surface area (Å²) < 4.78 is 2.80. The molecule has 2 bridgehead atoms. The van der Waals surface area contributed by atoms with Gasteiger partial charge in [-0.25, -0.2) is 0 Å². The van der Waals surface area contributed by atoms with Gasteiger partial charge in [-0.1, -0.05) is 67.0 Å². The largest absolute Gasteiger partial charge is 0.493 e. The fraction of sp³-hybridized carbons (Fsp3) is 0.444. The Morgan fingerprint density at radius 3 is 2.68 bits per heavy atom. The summed E-state index contributed by atoms with van der Waals surface area (Å²) in [7, 11) is 0. The minimum atomic E-state index is -0.343. The van der Waals surface area contributed by atoms with Gasteiger partial charge in [0.25, 0.3) is 5.91 Å². The third kappa shape index (κ3) is 4.56. The quantitative estimate of drug-likeness (QED) is 0.373. The Hall–Kier alpha value is -2.51. The SMILES string of the molecule is CC1(C)C[C@@H]2C[C@](C)(CN2Cn2c(O)c(N=NC(=O)Cc3ccccc3)c3cc(Br)ccc32)C1. The highest BCUT2D eigenvalue weighted by Crippen LogP contribution is 2.53. The molecule has 2 fully saturated rings. The number of hydrogen-bond acceptors (Lipinski definition) is 4. The lowest BCUT2D eigenvalue weighted by molar-refractivity contribution is -0.117. The highest BCUT2D eigenvalue weighted by atomic mass is 79.9. The maximum Gasteiger partial charge on any atom is 0.269 e. The van der Waals surface area contributed by atoms with Crippen molar-refractivity contribution in [3.63, 3.8) is 0 Å². The van der Waals surface area contributed by atoms with Gasteiger partial charge in [-0.05, 0) is 53.9 Å². The Morgan fingerprint density at radius 2 is 1.91 bits per heavy atom. The first kappa shape index (κ1) is 23.2. The molecule has 1 amide bonds. The van der Waals surface area contributed by atoms with E-state index in [1.807, 2.05) is 53.1 Å². The van der Waals surface area contributed by atoms with Gasteiger partial charge < -0.3 is 5.11 Å². The summed E-state index contributed by atoms with van der Waals surface area (Å²) in [4.78, 5) is 14.9. The number of hydrogen-bond donors (Lipinski definition) is 1. The van der Waals surface area contributed by atoms with E-state index in [4.69, 9.17) is 0 Å². The lowest BCUT2D eigenvalue weighted by atomic mass is 9.65. The van der Waals surface area contributed by atoms with E-state index in [0.29, 0.717) is 29.2 Å². The molecule has 1 saturated heterocycles. The zero-order valence-electron chi connectivity index (χ0n) is 20.0. The Bertz CT molecular complexity index is 1270. The van der Waals surface area contributed by atoms with Crippen LogP contribution in [0.1, 0.15) is 45.6 Å². The number of rotatable bonds is 5. The van der Waals surface area contributed by atoms with Gasteiger partial charge in [0.1, 0.15) is 0 Å². The van der Waals surface area contributed by atoms with E-state index in [0.717, 1.165) is 33.9 Å². The van der Waals surface area contributed by atoms with Crippen molar-refractivity contribution in [2.45, 2.75) is 59.2 Å². The Kier molecular flexibility index (Phi) is 5.89. The van der Waals surface area contributed by atoms with Crippen LogP contribution in [0.2, 0.25) is 0 Å². The van der Waals surface area contributed by atoms with Crippen LogP contribution in [0.15, 0.2) is 63.2 Å². The molecule has 2 aliphatic rings. The normalized spacial score (nSPS) is 24.3. The van der Waals surface area contributed by atoms with E-state index in [1.54, 1.807) is 0 Å². The molecular weight excluding hydrogens is 492 g/mol. The molecular formula is C27H31BrN4O2. The van der Waals surface area contributed by atoms with Crippen LogP contribution in [0, 0.1) is 10.8 Å². The summed E-state index contributed by atoms with van der Waals surface area (Å²) in [5, 5.41) is 20.2. The molecule has 2 heterocycles. The van der Waals surface area contributed by atoms with E-state index >= 15 is 0 Å². The van der Waals surface area contributed by atoms with Crippen molar-refractivity contribution in [1.82, 2.24) is 9.47 Å². The lowest BCUT2D eigenvalue weighted by Crippen LogP contribution is -2.35. The van der Waals surface area contributed by atoms with Crippen LogP contribution in [0.25, 0.3) is 10.9 Å². The third-order valence-electron chi connectivity index (χ3n) is 7.28. The van der Waals surface area contributed by atoms with Crippen molar-refractivity contribution in [3.05, 3.63) is 58.6 Å². The van der Waals surface area contributed by atoms with E-state index in [2.05, 4.69) is 51.8 Å². The number of likely N-dealkylation sites (tertiary alicyclic amines) is 1. The summed E-state index contributed by atoms with van der Waals surface area (Å²) >= 11 is 3.53. The Balaban J connectivity index is 1.45. The molecule has 7 heteroatoms. The second-order valence-corrected chi connectivity index (χ2v) is 12.0. The first-order valence-electron chi connectivity index (χ1n) is 11.9. The molecule has 178 valence electrons. The zero-order valence-corrected chi connectivity index (χ0v) is 21.5. The topological polar surface area (TPSA) is 70.2 Å². The molecule has 6 nitrogen and oxygen atoms in total. The molecule has 0 spiro atoms. The Labute approximate surface area is 208 Å². The number of nitrogens with zero attached hydrogens (tertiary/aromatic N) is 4. The van der Waals surface area contributed by atoms with Crippen molar-refractivity contribution in [3.8, 4) is 5.88 Å². The maximum absolute atomic E-state index is 12.4. The number of fused-ring (bicyclic) bond motifs is 3. The van der Waals surface area contributed by atoms with E-state index in [9.17, 15) is 9.90 Å². The van der Waals surface area contributed by atoms with Crippen molar-refractivity contribution in [1.29, 1.82) is 0 Å². The van der Waals surface area contributed by atoms with Crippen molar-refractivity contribution < 1.29 is 9.90 Å². The molecule has 0 unspecified atom stereocenters. The average Bonchev–Trinajstić information content (AvgIpc) is 3.15. The molecule has 34 heavy (non-hydrogen) atoms. The van der Waals surface area contributed by atoms with Gasteiger partial charge in [-0.2, -0.15) is 0 Å². The van der Waals surface area contributed by atoms with E-state index < -0.39 is 0 Å². The highest BCUT2D eigenvalue weighted by molar-refractivity contribution is 9.10. The fourth-order valence-electron chi connectivity index (χ4n) is 6.37. The van der Waals surface area contributed by atoms with E-state index in [1.165, 1.54) is 12.8 Å². The van der Waals surface area contributed by atoms with Crippen LogP contribution >= 0.6 is 15.9 Å². The van der Waals surface area contributed by atoms with Crippen molar-refractivity contribution in [2.24, 2.45) is 21.1 Å². The van der Waals surface area contributed by atoms with Gasteiger partial charge in [-0.15, -0.1) is 10.2 Å². The first-order chi connectivity index (χ1) is 16.1. The van der Waals surface area contributed by atoms with Crippen molar-refractivity contribution >= 4 is 38.4 Å². The minimum absolute atomic E-state index is 0.0511.